The summed E-state index contributed by atoms with van der Waals surface area (Å²) in [6.45, 7) is 2.35. The van der Waals surface area contributed by atoms with E-state index in [0.717, 1.165) is 29.5 Å². The smallest absolute Gasteiger partial charge is 0.319 e. The standard InChI is InChI=1S/C18H18N2O2S/c1-12-4-6-13(7-5-12)11-20-16(21)18(19-17(20)22)9-2-3-15-14(18)8-10-23-15/h4-8,10H,2-3,9,11H2,1H3,(H,19,22)/t18-/m0/s1. The fourth-order valence-electron chi connectivity index (χ4n) is 3.56. The van der Waals surface area contributed by atoms with Gasteiger partial charge in [0.1, 0.15) is 5.54 Å². The monoisotopic (exact) mass is 326 g/mol. The average molecular weight is 326 g/mol. The molecule has 3 amide bonds. The number of carbonyl (C=O) groups excluding carboxylic acids is 2. The summed E-state index contributed by atoms with van der Waals surface area (Å²) in [5, 5.41) is 5.00. The molecule has 2 aliphatic rings. The van der Waals surface area contributed by atoms with E-state index in [1.165, 1.54) is 9.78 Å². The Labute approximate surface area is 139 Å². The molecule has 4 rings (SSSR count). The molecule has 0 bridgehead atoms. The fraction of sp³-hybridized carbons (Fsp3) is 0.333. The van der Waals surface area contributed by atoms with E-state index in [1.807, 2.05) is 42.6 Å². The minimum Gasteiger partial charge on any atom is -0.319 e. The largest absolute Gasteiger partial charge is 0.325 e. The first kappa shape index (κ1) is 14.5. The molecule has 118 valence electrons. The van der Waals surface area contributed by atoms with Crippen molar-refractivity contribution < 1.29 is 9.59 Å². The van der Waals surface area contributed by atoms with Crippen molar-refractivity contribution in [1.29, 1.82) is 0 Å². The van der Waals surface area contributed by atoms with Gasteiger partial charge in [0.2, 0.25) is 0 Å². The zero-order valence-electron chi connectivity index (χ0n) is 13.0. The number of imide groups is 1. The van der Waals surface area contributed by atoms with Crippen LogP contribution >= 0.6 is 11.3 Å². The summed E-state index contributed by atoms with van der Waals surface area (Å²) in [6.07, 6.45) is 2.61. The number of urea groups is 1. The van der Waals surface area contributed by atoms with Crippen LogP contribution in [0.4, 0.5) is 4.79 Å². The number of amides is 3. The molecule has 1 aliphatic heterocycles. The number of nitrogens with zero attached hydrogens (tertiary/aromatic N) is 1. The number of thiophene rings is 1. The van der Waals surface area contributed by atoms with Crippen molar-refractivity contribution in [1.82, 2.24) is 10.2 Å². The van der Waals surface area contributed by atoms with Crippen LogP contribution in [-0.4, -0.2) is 16.8 Å². The molecule has 2 heterocycles. The maximum Gasteiger partial charge on any atom is 0.325 e. The first-order valence-electron chi connectivity index (χ1n) is 7.87. The van der Waals surface area contributed by atoms with Crippen molar-refractivity contribution in [2.75, 3.05) is 0 Å². The number of fused-ring (bicyclic) bond motifs is 2. The van der Waals surface area contributed by atoms with Gasteiger partial charge in [-0.3, -0.25) is 9.69 Å². The van der Waals surface area contributed by atoms with E-state index >= 15 is 0 Å². The number of hydrogen-bond donors (Lipinski definition) is 1. The SMILES string of the molecule is Cc1ccc(CN2C(=O)N[C@]3(CCCc4sccc43)C2=O)cc1. The molecule has 1 fully saturated rings. The quantitative estimate of drug-likeness (QED) is 0.861. The van der Waals surface area contributed by atoms with Crippen molar-refractivity contribution in [2.45, 2.75) is 38.3 Å². The molecule has 1 N–H and O–H groups in total. The first-order chi connectivity index (χ1) is 11.1. The summed E-state index contributed by atoms with van der Waals surface area (Å²) in [5.41, 5.74) is 2.30. The Balaban J connectivity index is 1.66. The van der Waals surface area contributed by atoms with E-state index in [2.05, 4.69) is 5.32 Å². The molecule has 1 atom stereocenters. The van der Waals surface area contributed by atoms with Crippen LogP contribution in [-0.2, 0) is 23.3 Å². The molecular formula is C18H18N2O2S. The Morgan fingerprint density at radius 1 is 1.22 bits per heavy atom. The normalized spacial score (nSPS) is 23.3. The van der Waals surface area contributed by atoms with Crippen molar-refractivity contribution in [3.8, 4) is 0 Å². The van der Waals surface area contributed by atoms with Gasteiger partial charge in [-0.1, -0.05) is 29.8 Å². The second-order valence-electron chi connectivity index (χ2n) is 6.32. The van der Waals surface area contributed by atoms with Crippen molar-refractivity contribution in [3.63, 3.8) is 0 Å². The lowest BCUT2D eigenvalue weighted by Gasteiger charge is -2.31. The van der Waals surface area contributed by atoms with Gasteiger partial charge in [-0.2, -0.15) is 0 Å². The van der Waals surface area contributed by atoms with Crippen LogP contribution in [0.1, 0.15) is 34.4 Å². The molecule has 2 aromatic rings. The third kappa shape index (κ3) is 2.18. The maximum absolute atomic E-state index is 13.1. The zero-order valence-corrected chi connectivity index (χ0v) is 13.8. The number of benzene rings is 1. The topological polar surface area (TPSA) is 49.4 Å². The summed E-state index contributed by atoms with van der Waals surface area (Å²) in [4.78, 5) is 28.1. The van der Waals surface area contributed by atoms with Crippen molar-refractivity contribution in [3.05, 3.63) is 57.3 Å². The van der Waals surface area contributed by atoms with Crippen molar-refractivity contribution in [2.24, 2.45) is 0 Å². The van der Waals surface area contributed by atoms with Crippen LogP contribution in [0.25, 0.3) is 0 Å². The highest BCUT2D eigenvalue weighted by atomic mass is 32.1. The summed E-state index contributed by atoms with van der Waals surface area (Å²) < 4.78 is 0. The van der Waals surface area contributed by atoms with Crippen LogP contribution in [0, 0.1) is 6.92 Å². The molecule has 1 aromatic carbocycles. The van der Waals surface area contributed by atoms with Crippen molar-refractivity contribution >= 4 is 23.3 Å². The number of carbonyl (C=O) groups is 2. The first-order valence-corrected chi connectivity index (χ1v) is 8.75. The van der Waals surface area contributed by atoms with E-state index in [4.69, 9.17) is 0 Å². The maximum atomic E-state index is 13.1. The van der Waals surface area contributed by atoms with E-state index < -0.39 is 5.54 Å². The van der Waals surface area contributed by atoms with Gasteiger partial charge in [-0.25, -0.2) is 4.79 Å². The van der Waals surface area contributed by atoms with Crippen LogP contribution < -0.4 is 5.32 Å². The minimum absolute atomic E-state index is 0.109. The van der Waals surface area contributed by atoms with Crippen LogP contribution in [0.15, 0.2) is 35.7 Å². The van der Waals surface area contributed by atoms with Gasteiger partial charge in [0, 0.05) is 10.4 Å². The summed E-state index contributed by atoms with van der Waals surface area (Å²) >= 11 is 1.67. The fourth-order valence-corrected chi connectivity index (χ4v) is 4.56. The van der Waals surface area contributed by atoms with Gasteiger partial charge < -0.3 is 5.32 Å². The van der Waals surface area contributed by atoms with Gasteiger partial charge in [-0.05, 0) is 43.2 Å². The lowest BCUT2D eigenvalue weighted by molar-refractivity contribution is -0.132. The molecule has 5 heteroatoms. The summed E-state index contributed by atoms with van der Waals surface area (Å²) in [6, 6.07) is 9.65. The second kappa shape index (κ2) is 5.20. The number of aryl methyl sites for hydroxylation is 2. The van der Waals surface area contributed by atoms with E-state index in [1.54, 1.807) is 11.3 Å². The Kier molecular flexibility index (Phi) is 3.27. The Hall–Kier alpha value is -2.14. The highest BCUT2D eigenvalue weighted by molar-refractivity contribution is 7.10. The highest BCUT2D eigenvalue weighted by Gasteiger charge is 2.54. The predicted octanol–water partition coefficient (Wildman–Crippen LogP) is 3.34. The molecule has 0 saturated carbocycles. The Morgan fingerprint density at radius 3 is 2.78 bits per heavy atom. The molecule has 1 spiro atoms. The summed E-state index contributed by atoms with van der Waals surface area (Å²) in [5.74, 6) is -0.109. The molecule has 1 aromatic heterocycles. The van der Waals surface area contributed by atoms with E-state index in [0.29, 0.717) is 13.0 Å². The molecular weight excluding hydrogens is 308 g/mol. The lowest BCUT2D eigenvalue weighted by atomic mass is 9.80. The lowest BCUT2D eigenvalue weighted by Crippen LogP contribution is -2.46. The number of rotatable bonds is 2. The Bertz CT molecular complexity index is 781. The second-order valence-corrected chi connectivity index (χ2v) is 7.32. The van der Waals surface area contributed by atoms with E-state index in [-0.39, 0.29) is 11.9 Å². The third-order valence-corrected chi connectivity index (χ3v) is 5.78. The molecule has 1 saturated heterocycles. The molecule has 0 radical (unpaired) electrons. The summed E-state index contributed by atoms with van der Waals surface area (Å²) in [7, 11) is 0. The molecule has 4 nitrogen and oxygen atoms in total. The molecule has 1 aliphatic carbocycles. The molecule has 23 heavy (non-hydrogen) atoms. The van der Waals surface area contributed by atoms with Crippen LogP contribution in [0.5, 0.6) is 0 Å². The number of nitrogens with one attached hydrogen (secondary N) is 1. The molecule has 0 unspecified atom stereocenters. The van der Waals surface area contributed by atoms with Gasteiger partial charge in [0.15, 0.2) is 0 Å². The Morgan fingerprint density at radius 2 is 2.00 bits per heavy atom. The van der Waals surface area contributed by atoms with Crippen LogP contribution in [0.3, 0.4) is 0 Å². The highest BCUT2D eigenvalue weighted by Crippen LogP contribution is 2.42. The number of hydrogen-bond acceptors (Lipinski definition) is 3. The van der Waals surface area contributed by atoms with E-state index in [9.17, 15) is 9.59 Å². The minimum atomic E-state index is -0.838. The third-order valence-electron chi connectivity index (χ3n) is 4.80. The van der Waals surface area contributed by atoms with Gasteiger partial charge >= 0.3 is 6.03 Å². The average Bonchev–Trinajstić information content (AvgIpc) is 3.10. The van der Waals surface area contributed by atoms with Gasteiger partial charge in [-0.15, -0.1) is 11.3 Å². The van der Waals surface area contributed by atoms with Gasteiger partial charge in [0.25, 0.3) is 5.91 Å². The zero-order chi connectivity index (χ0) is 16.0. The van der Waals surface area contributed by atoms with Gasteiger partial charge in [0.05, 0.1) is 6.54 Å². The van der Waals surface area contributed by atoms with Crippen LogP contribution in [0.2, 0.25) is 0 Å². The predicted molar refractivity (Wildman–Crippen MR) is 89.2 cm³/mol.